The minimum Gasteiger partial charge on any atom is -0.444 e. The van der Waals surface area contributed by atoms with Crippen LogP contribution in [0.1, 0.15) is 59.1 Å². The maximum Gasteiger partial charge on any atom is 0.410 e. The molecule has 1 aromatic rings. The number of ether oxygens (including phenoxy) is 1. The molecule has 3 rings (SSSR count). The van der Waals surface area contributed by atoms with Crippen LogP contribution < -0.4 is 10.9 Å². The maximum absolute atomic E-state index is 13.5. The molecular formula is C23H33FN4O4. The van der Waals surface area contributed by atoms with E-state index in [1.165, 1.54) is 12.1 Å². The molecule has 1 aliphatic carbocycles. The Morgan fingerprint density at radius 1 is 1.03 bits per heavy atom. The summed E-state index contributed by atoms with van der Waals surface area (Å²) in [5, 5.41) is 0. The number of amides is 3. The number of benzene rings is 1. The van der Waals surface area contributed by atoms with Crippen LogP contribution in [0.2, 0.25) is 0 Å². The zero-order chi connectivity index (χ0) is 23.6. The van der Waals surface area contributed by atoms with Gasteiger partial charge in [0, 0.05) is 31.1 Å². The van der Waals surface area contributed by atoms with E-state index in [1.807, 2.05) is 39.5 Å². The number of hydrogen-bond donors (Lipinski definition) is 2. The third kappa shape index (κ3) is 5.97. The second-order valence-electron chi connectivity index (χ2n) is 9.73. The highest BCUT2D eigenvalue weighted by Crippen LogP contribution is 2.30. The number of rotatable bonds is 4. The molecule has 0 radical (unpaired) electrons. The summed E-state index contributed by atoms with van der Waals surface area (Å²) in [5.41, 5.74) is 5.04. The van der Waals surface area contributed by atoms with E-state index in [1.54, 1.807) is 17.0 Å². The molecule has 1 aliphatic heterocycles. The third-order valence-electron chi connectivity index (χ3n) is 5.68. The average Bonchev–Trinajstić information content (AvgIpc) is 3.54. The smallest absolute Gasteiger partial charge is 0.410 e. The van der Waals surface area contributed by atoms with E-state index >= 15 is 0 Å². The SMILES string of the molecule is C[C@H]1CN(C(C(=O)NNC(=O)C2CC2)c2ccc(F)cc2)[C@@H](C)CN1C(=O)OC(C)(C)C. The van der Waals surface area contributed by atoms with Gasteiger partial charge < -0.3 is 9.64 Å². The summed E-state index contributed by atoms with van der Waals surface area (Å²) in [5.74, 6) is -1.05. The van der Waals surface area contributed by atoms with Gasteiger partial charge >= 0.3 is 6.09 Å². The van der Waals surface area contributed by atoms with Gasteiger partial charge in [-0.3, -0.25) is 25.3 Å². The molecule has 2 N–H and O–H groups in total. The molecule has 0 spiro atoms. The molecule has 1 saturated heterocycles. The number of piperazine rings is 1. The highest BCUT2D eigenvalue weighted by molar-refractivity contribution is 5.87. The summed E-state index contributed by atoms with van der Waals surface area (Å²) >= 11 is 0. The number of nitrogens with one attached hydrogen (secondary N) is 2. The first-order valence-electron chi connectivity index (χ1n) is 11.1. The lowest BCUT2D eigenvalue weighted by Crippen LogP contribution is -2.61. The normalized spacial score (nSPS) is 22.8. The van der Waals surface area contributed by atoms with Gasteiger partial charge in [-0.05, 0) is 65.2 Å². The van der Waals surface area contributed by atoms with Crippen LogP contribution in [0.4, 0.5) is 9.18 Å². The molecule has 1 aromatic carbocycles. The fourth-order valence-electron chi connectivity index (χ4n) is 3.87. The Morgan fingerprint density at radius 3 is 2.22 bits per heavy atom. The molecule has 0 bridgehead atoms. The quantitative estimate of drug-likeness (QED) is 0.692. The van der Waals surface area contributed by atoms with Gasteiger partial charge in [0.25, 0.3) is 5.91 Å². The number of hydrogen-bond acceptors (Lipinski definition) is 5. The zero-order valence-electron chi connectivity index (χ0n) is 19.4. The molecule has 3 atom stereocenters. The summed E-state index contributed by atoms with van der Waals surface area (Å²) in [6.45, 7) is 10.1. The Hall–Kier alpha value is -2.68. The van der Waals surface area contributed by atoms with E-state index in [9.17, 15) is 18.8 Å². The first-order chi connectivity index (χ1) is 15.0. The highest BCUT2D eigenvalue weighted by Gasteiger charge is 2.40. The van der Waals surface area contributed by atoms with Crippen LogP contribution in [0.15, 0.2) is 24.3 Å². The summed E-state index contributed by atoms with van der Waals surface area (Å²) in [4.78, 5) is 41.4. The first-order valence-corrected chi connectivity index (χ1v) is 11.1. The Balaban J connectivity index is 1.78. The zero-order valence-corrected chi connectivity index (χ0v) is 19.4. The van der Waals surface area contributed by atoms with Crippen molar-refractivity contribution in [1.82, 2.24) is 20.7 Å². The number of halogens is 1. The van der Waals surface area contributed by atoms with Gasteiger partial charge in [0.2, 0.25) is 5.91 Å². The van der Waals surface area contributed by atoms with Gasteiger partial charge in [-0.25, -0.2) is 9.18 Å². The number of carbonyl (C=O) groups excluding carboxylic acids is 3. The van der Waals surface area contributed by atoms with Crippen molar-refractivity contribution in [2.45, 2.75) is 71.2 Å². The predicted octanol–water partition coefficient (Wildman–Crippen LogP) is 2.75. The van der Waals surface area contributed by atoms with Crippen molar-refractivity contribution in [2.24, 2.45) is 5.92 Å². The van der Waals surface area contributed by atoms with Crippen LogP contribution in [-0.2, 0) is 14.3 Å². The Labute approximate surface area is 188 Å². The van der Waals surface area contributed by atoms with Crippen LogP contribution in [0, 0.1) is 11.7 Å². The minimum atomic E-state index is -0.756. The second-order valence-corrected chi connectivity index (χ2v) is 9.73. The Kier molecular flexibility index (Phi) is 7.07. The van der Waals surface area contributed by atoms with Crippen molar-refractivity contribution in [1.29, 1.82) is 0 Å². The summed E-state index contributed by atoms with van der Waals surface area (Å²) in [6, 6.07) is 4.61. The van der Waals surface area contributed by atoms with E-state index in [0.717, 1.165) is 12.8 Å². The molecule has 2 aliphatic rings. The molecule has 2 fully saturated rings. The fraction of sp³-hybridized carbons (Fsp3) is 0.609. The van der Waals surface area contributed by atoms with E-state index in [-0.39, 0.29) is 23.9 Å². The summed E-state index contributed by atoms with van der Waals surface area (Å²) in [7, 11) is 0. The van der Waals surface area contributed by atoms with E-state index < -0.39 is 29.5 Å². The molecule has 176 valence electrons. The van der Waals surface area contributed by atoms with Gasteiger partial charge in [0.05, 0.1) is 0 Å². The van der Waals surface area contributed by atoms with Crippen molar-refractivity contribution in [3.63, 3.8) is 0 Å². The van der Waals surface area contributed by atoms with Crippen LogP contribution in [0.3, 0.4) is 0 Å². The highest BCUT2D eigenvalue weighted by atomic mass is 19.1. The second kappa shape index (κ2) is 9.44. The van der Waals surface area contributed by atoms with Gasteiger partial charge in [0.15, 0.2) is 0 Å². The molecule has 1 heterocycles. The molecule has 32 heavy (non-hydrogen) atoms. The lowest BCUT2D eigenvalue weighted by atomic mass is 9.99. The lowest BCUT2D eigenvalue weighted by Gasteiger charge is -2.46. The molecule has 3 amide bonds. The lowest BCUT2D eigenvalue weighted by molar-refractivity contribution is -0.134. The van der Waals surface area contributed by atoms with Gasteiger partial charge in [0.1, 0.15) is 17.5 Å². The Morgan fingerprint density at radius 2 is 1.66 bits per heavy atom. The third-order valence-corrected chi connectivity index (χ3v) is 5.68. The molecule has 1 unspecified atom stereocenters. The maximum atomic E-state index is 13.5. The standard InChI is InChI=1S/C23H33FN4O4/c1-14-13-28(22(31)32-23(3,4)5)15(2)12-27(14)19(16-8-10-18(24)11-9-16)21(30)26-25-20(29)17-6-7-17/h8-11,14-15,17,19H,6-7,12-13H2,1-5H3,(H,25,29)(H,26,30)/t14-,15-,19?/m0/s1. The van der Waals surface area contributed by atoms with Crippen molar-refractivity contribution in [3.8, 4) is 0 Å². The van der Waals surface area contributed by atoms with Crippen molar-refractivity contribution in [3.05, 3.63) is 35.6 Å². The predicted molar refractivity (Wildman–Crippen MR) is 117 cm³/mol. The van der Waals surface area contributed by atoms with Crippen molar-refractivity contribution >= 4 is 17.9 Å². The molecule has 9 heteroatoms. The fourth-order valence-corrected chi connectivity index (χ4v) is 3.87. The largest absolute Gasteiger partial charge is 0.444 e. The monoisotopic (exact) mass is 448 g/mol. The molecule has 0 aromatic heterocycles. The minimum absolute atomic E-state index is 0.0455. The van der Waals surface area contributed by atoms with Crippen molar-refractivity contribution in [2.75, 3.05) is 13.1 Å². The van der Waals surface area contributed by atoms with E-state index in [4.69, 9.17) is 4.74 Å². The summed E-state index contributed by atoms with van der Waals surface area (Å²) in [6.07, 6.45) is 1.25. The summed E-state index contributed by atoms with van der Waals surface area (Å²) < 4.78 is 19.1. The number of nitrogens with zero attached hydrogens (tertiary/aromatic N) is 2. The van der Waals surface area contributed by atoms with Crippen molar-refractivity contribution < 1.29 is 23.5 Å². The number of carbonyl (C=O) groups is 3. The van der Waals surface area contributed by atoms with E-state index in [2.05, 4.69) is 10.9 Å². The first kappa shape index (κ1) is 24.0. The van der Waals surface area contributed by atoms with Crippen LogP contribution in [0.5, 0.6) is 0 Å². The van der Waals surface area contributed by atoms with E-state index in [0.29, 0.717) is 18.7 Å². The average molecular weight is 449 g/mol. The van der Waals surface area contributed by atoms with Gasteiger partial charge in [-0.15, -0.1) is 0 Å². The van der Waals surface area contributed by atoms with Crippen LogP contribution >= 0.6 is 0 Å². The Bertz CT molecular complexity index is 851. The van der Waals surface area contributed by atoms with Gasteiger partial charge in [-0.1, -0.05) is 12.1 Å². The van der Waals surface area contributed by atoms with Gasteiger partial charge in [-0.2, -0.15) is 0 Å². The topological polar surface area (TPSA) is 91.0 Å². The van der Waals surface area contributed by atoms with Crippen LogP contribution in [-0.4, -0.2) is 58.5 Å². The van der Waals surface area contributed by atoms with Crippen LogP contribution in [0.25, 0.3) is 0 Å². The number of hydrazine groups is 1. The molecule has 8 nitrogen and oxygen atoms in total. The molecular weight excluding hydrogens is 415 g/mol. The molecule has 1 saturated carbocycles.